The van der Waals surface area contributed by atoms with E-state index in [1.165, 1.54) is 161 Å². The number of aliphatic hydroxyl groups is 11. The molecule has 0 bridgehead atoms. The Kier molecular flexibility index (Phi) is 58.1. The molecule has 1 amide bonds. The summed E-state index contributed by atoms with van der Waals surface area (Å²) in [5.74, 6) is -0.330. The minimum Gasteiger partial charge on any atom is -0.394 e. The average Bonchev–Trinajstić information content (AvgIpc) is 0.783. The van der Waals surface area contributed by atoms with Crippen LogP contribution < -0.4 is 5.32 Å². The van der Waals surface area contributed by atoms with Gasteiger partial charge in [0, 0.05) is 6.42 Å². The minimum atomic E-state index is -1.99. The highest BCUT2D eigenvalue weighted by Crippen LogP contribution is 2.33. The molecule has 17 atom stereocenters. The van der Waals surface area contributed by atoms with E-state index in [0.717, 1.165) is 83.5 Å². The van der Waals surface area contributed by atoms with Gasteiger partial charge in [-0.25, -0.2) is 0 Å². The Balaban J connectivity index is 1.41. The molecule has 598 valence electrons. The fourth-order valence-corrected chi connectivity index (χ4v) is 13.0. The predicted molar refractivity (Wildman–Crippen MR) is 415 cm³/mol. The van der Waals surface area contributed by atoms with Crippen LogP contribution in [-0.4, -0.2) is 193 Å². The largest absolute Gasteiger partial charge is 0.394 e. The lowest BCUT2D eigenvalue weighted by molar-refractivity contribution is -0.379. The number of hydrogen-bond donors (Lipinski definition) is 12. The maximum Gasteiger partial charge on any atom is 0.220 e. The molecule has 3 rings (SSSR count). The van der Waals surface area contributed by atoms with Crippen LogP contribution >= 0.6 is 0 Å². The Morgan fingerprint density at radius 2 is 0.673 bits per heavy atom. The van der Waals surface area contributed by atoms with Crippen molar-refractivity contribution in [2.75, 3.05) is 26.4 Å². The van der Waals surface area contributed by atoms with Crippen molar-refractivity contribution in [3.8, 4) is 0 Å². The summed E-state index contributed by atoms with van der Waals surface area (Å²) in [5, 5.41) is 121. The molecule has 19 heteroatoms. The summed E-state index contributed by atoms with van der Waals surface area (Å²) < 4.78 is 34.4. The van der Waals surface area contributed by atoms with Gasteiger partial charge in [0.15, 0.2) is 18.9 Å². The highest BCUT2D eigenvalue weighted by atomic mass is 16.8. The first-order valence-corrected chi connectivity index (χ1v) is 40.8. The zero-order valence-electron chi connectivity index (χ0n) is 64.0. The van der Waals surface area contributed by atoms with Crippen molar-refractivity contribution in [2.45, 2.75) is 381 Å². The van der Waals surface area contributed by atoms with Gasteiger partial charge in [-0.15, -0.1) is 0 Å². The highest BCUT2D eigenvalue weighted by molar-refractivity contribution is 5.76. The van der Waals surface area contributed by atoms with Crippen molar-refractivity contribution in [2.24, 2.45) is 0 Å². The summed E-state index contributed by atoms with van der Waals surface area (Å²) in [6.07, 6.45) is 63.4. The Bertz CT molecular complexity index is 2350. The van der Waals surface area contributed by atoms with Crippen molar-refractivity contribution in [1.82, 2.24) is 5.32 Å². The molecule has 19 nitrogen and oxygen atoms in total. The molecular weight excluding hydrogens is 1320 g/mol. The van der Waals surface area contributed by atoms with Crippen LogP contribution in [0.25, 0.3) is 0 Å². The molecule has 0 aromatic heterocycles. The fourth-order valence-electron chi connectivity index (χ4n) is 13.0. The van der Waals surface area contributed by atoms with Crippen molar-refractivity contribution in [3.63, 3.8) is 0 Å². The highest BCUT2D eigenvalue weighted by Gasteiger charge is 2.54. The normalized spacial score (nSPS) is 26.6. The third kappa shape index (κ3) is 43.4. The lowest BCUT2D eigenvalue weighted by atomic mass is 9.96. The molecule has 104 heavy (non-hydrogen) atoms. The summed E-state index contributed by atoms with van der Waals surface area (Å²) in [5.41, 5.74) is 0. The van der Waals surface area contributed by atoms with Crippen LogP contribution in [0.2, 0.25) is 0 Å². The van der Waals surface area contributed by atoms with Crippen LogP contribution in [0.1, 0.15) is 277 Å². The minimum absolute atomic E-state index is 0.172. The van der Waals surface area contributed by atoms with Gasteiger partial charge in [0.2, 0.25) is 5.91 Å². The smallest absolute Gasteiger partial charge is 0.220 e. The zero-order valence-corrected chi connectivity index (χ0v) is 64.0. The van der Waals surface area contributed by atoms with E-state index in [1.807, 2.05) is 6.08 Å². The standard InChI is InChI=1S/C85H145NO18/c1-3-5-7-9-11-13-15-17-19-21-23-25-27-29-31-32-33-34-35-37-38-40-42-44-46-48-50-52-54-56-58-60-62-69(90)68(86-73(91)63-61-59-57-55-53-51-49-47-45-43-41-39-36-30-28-26-24-22-20-18-16-14-12-10-8-6-4-2)67-99-83-79(97)76(94)81(71(65-88)101-83)104-85-80(98)77(95)82(72(66-89)102-85)103-84-78(96)75(93)74(92)70(64-87)100-84/h6,8,12,14,18,20,24,26,30,36,41,43,47,49,52-55,60,62,68-72,74-85,87-90,92-98H,3-5,7,9-11,13,15-17,19,21-23,25,27-29,31-35,37-40,42,44-46,48,50-51,56-59,61,63-67H2,1-2H3,(H,86,91)/b8-6-,14-12-,20-18-,26-24-,36-30-,43-41-,49-47-,54-52+,55-53-,62-60+. The molecule has 17 unspecified atom stereocenters. The van der Waals surface area contributed by atoms with E-state index in [2.05, 4.69) is 129 Å². The monoisotopic (exact) mass is 1470 g/mol. The molecule has 3 saturated heterocycles. The Morgan fingerprint density at radius 1 is 0.356 bits per heavy atom. The summed E-state index contributed by atoms with van der Waals surface area (Å²) in [6.45, 7) is 1.58. The van der Waals surface area contributed by atoms with E-state index in [-0.39, 0.29) is 12.3 Å². The summed E-state index contributed by atoms with van der Waals surface area (Å²) in [7, 11) is 0. The number of unbranched alkanes of at least 4 members (excludes halogenated alkanes) is 29. The van der Waals surface area contributed by atoms with Gasteiger partial charge in [-0.1, -0.05) is 296 Å². The third-order valence-corrected chi connectivity index (χ3v) is 19.5. The number of aliphatic hydroxyl groups excluding tert-OH is 11. The fraction of sp³-hybridized carbons (Fsp3) is 0.753. The SMILES string of the molecule is CC/C=C\C/C=C\C/C=C\C/C=C\C/C=C\C/C=C\C/C=C\C/C=C\CCCCC(=O)NC(COC1OC(CO)C(OC2OC(CO)C(OC3OC(CO)C(O)C(O)C3O)C(O)C2O)C(O)C1O)C(O)/C=C/CC/C=C/CCCCCCCCCCCCCCCCCCCCCCCCCCCC. The van der Waals surface area contributed by atoms with E-state index in [0.29, 0.717) is 12.8 Å². The second kappa shape index (κ2) is 64.1. The second-order valence-corrected chi connectivity index (χ2v) is 28.5. The molecule has 0 aromatic carbocycles. The number of carbonyl (C=O) groups is 1. The van der Waals surface area contributed by atoms with Gasteiger partial charge in [-0.2, -0.15) is 0 Å². The topological polar surface area (TPSA) is 307 Å². The van der Waals surface area contributed by atoms with Crippen LogP contribution in [0.15, 0.2) is 122 Å². The van der Waals surface area contributed by atoms with Gasteiger partial charge in [-0.05, 0) is 96.3 Å². The van der Waals surface area contributed by atoms with Gasteiger partial charge in [0.25, 0.3) is 0 Å². The van der Waals surface area contributed by atoms with Crippen molar-refractivity contribution < 1.29 is 89.4 Å². The number of nitrogens with one attached hydrogen (secondary N) is 1. The molecule has 3 aliphatic heterocycles. The third-order valence-electron chi connectivity index (χ3n) is 19.5. The summed E-state index contributed by atoms with van der Waals surface area (Å²) >= 11 is 0. The van der Waals surface area contributed by atoms with Gasteiger partial charge < -0.3 is 89.9 Å². The molecule has 0 spiro atoms. The quantitative estimate of drug-likeness (QED) is 0.0199. The Hall–Kier alpha value is -3.81. The molecule has 0 aliphatic carbocycles. The van der Waals surface area contributed by atoms with Crippen molar-refractivity contribution >= 4 is 5.91 Å². The van der Waals surface area contributed by atoms with Crippen LogP contribution in [-0.2, 0) is 33.2 Å². The van der Waals surface area contributed by atoms with E-state index in [1.54, 1.807) is 6.08 Å². The van der Waals surface area contributed by atoms with Gasteiger partial charge in [0.05, 0.1) is 38.6 Å². The molecule has 0 saturated carbocycles. The maximum atomic E-state index is 13.5. The zero-order chi connectivity index (χ0) is 75.3. The number of hydrogen-bond acceptors (Lipinski definition) is 18. The van der Waals surface area contributed by atoms with Crippen LogP contribution in [0.3, 0.4) is 0 Å². The van der Waals surface area contributed by atoms with Crippen LogP contribution in [0, 0.1) is 0 Å². The molecule has 3 aliphatic rings. The van der Waals surface area contributed by atoms with Crippen LogP contribution in [0.4, 0.5) is 0 Å². The lowest BCUT2D eigenvalue weighted by Gasteiger charge is -2.48. The van der Waals surface area contributed by atoms with Gasteiger partial charge in [0.1, 0.15) is 73.2 Å². The molecule has 0 radical (unpaired) electrons. The molecule has 12 N–H and O–H groups in total. The molecule has 3 heterocycles. The first-order chi connectivity index (χ1) is 50.8. The average molecular weight is 1470 g/mol. The summed E-state index contributed by atoms with van der Waals surface area (Å²) in [4.78, 5) is 13.5. The van der Waals surface area contributed by atoms with Gasteiger partial charge in [-0.3, -0.25) is 4.79 Å². The predicted octanol–water partition coefficient (Wildman–Crippen LogP) is 13.9. The second-order valence-electron chi connectivity index (χ2n) is 28.5. The number of ether oxygens (including phenoxy) is 6. The molecule has 0 aromatic rings. The van der Waals surface area contributed by atoms with E-state index in [4.69, 9.17) is 28.4 Å². The van der Waals surface area contributed by atoms with Crippen molar-refractivity contribution in [3.05, 3.63) is 122 Å². The number of amides is 1. The molecular formula is C85H145NO18. The summed E-state index contributed by atoms with van der Waals surface area (Å²) in [6, 6.07) is -1.03. The first kappa shape index (κ1) is 94.4. The Morgan fingerprint density at radius 3 is 1.08 bits per heavy atom. The number of carbonyl (C=O) groups excluding carboxylic acids is 1. The van der Waals surface area contributed by atoms with Crippen LogP contribution in [0.5, 0.6) is 0 Å². The first-order valence-electron chi connectivity index (χ1n) is 40.8. The van der Waals surface area contributed by atoms with E-state index < -0.39 is 131 Å². The number of rotatable bonds is 63. The van der Waals surface area contributed by atoms with E-state index in [9.17, 15) is 61.0 Å². The molecule has 3 fully saturated rings. The van der Waals surface area contributed by atoms with Crippen molar-refractivity contribution in [1.29, 1.82) is 0 Å². The van der Waals surface area contributed by atoms with E-state index >= 15 is 0 Å². The Labute approximate surface area is 627 Å². The lowest BCUT2D eigenvalue weighted by Crippen LogP contribution is -2.66. The van der Waals surface area contributed by atoms with Gasteiger partial charge >= 0.3 is 0 Å². The number of allylic oxidation sites excluding steroid dienone is 19. The maximum absolute atomic E-state index is 13.5.